The van der Waals surface area contributed by atoms with Crippen LogP contribution in [-0.4, -0.2) is 56.5 Å². The fourth-order valence-corrected chi connectivity index (χ4v) is 5.35. The summed E-state index contributed by atoms with van der Waals surface area (Å²) in [6.45, 7) is 3.89. The van der Waals surface area contributed by atoms with Gasteiger partial charge in [-0.15, -0.1) is 12.4 Å². The molecule has 1 atom stereocenters. The van der Waals surface area contributed by atoms with Crippen molar-refractivity contribution in [2.45, 2.75) is 30.7 Å². The van der Waals surface area contributed by atoms with Crippen LogP contribution in [-0.2, 0) is 14.8 Å². The molecule has 0 radical (unpaired) electrons. The molecule has 0 aliphatic carbocycles. The van der Waals surface area contributed by atoms with E-state index in [1.165, 1.54) is 13.3 Å². The molecule has 148 valence electrons. The molecule has 1 aliphatic rings. The van der Waals surface area contributed by atoms with Crippen LogP contribution in [0.3, 0.4) is 0 Å². The van der Waals surface area contributed by atoms with Crippen LogP contribution in [0.5, 0.6) is 0 Å². The van der Waals surface area contributed by atoms with Gasteiger partial charge in [0.25, 0.3) is 0 Å². The van der Waals surface area contributed by atoms with Gasteiger partial charge >= 0.3 is 5.97 Å². The molecule has 0 saturated carbocycles. The number of carbonyl (C=O) groups is 1. The third-order valence-electron chi connectivity index (χ3n) is 4.62. The third kappa shape index (κ3) is 4.08. The van der Waals surface area contributed by atoms with Gasteiger partial charge in [0.2, 0.25) is 10.0 Å². The van der Waals surface area contributed by atoms with Gasteiger partial charge in [0, 0.05) is 36.1 Å². The van der Waals surface area contributed by atoms with Crippen LogP contribution >= 0.6 is 12.4 Å². The van der Waals surface area contributed by atoms with Gasteiger partial charge in [-0.05, 0) is 31.5 Å². The van der Waals surface area contributed by atoms with Crippen LogP contribution in [0, 0.1) is 0 Å². The zero-order chi connectivity index (χ0) is 18.7. The van der Waals surface area contributed by atoms with Gasteiger partial charge in [-0.3, -0.25) is 0 Å². The lowest BCUT2D eigenvalue weighted by molar-refractivity contribution is 0.0596. The molecule has 1 aliphatic heterocycles. The van der Waals surface area contributed by atoms with E-state index in [9.17, 15) is 13.2 Å². The summed E-state index contributed by atoms with van der Waals surface area (Å²) in [6.07, 6.45) is 2.96. The summed E-state index contributed by atoms with van der Waals surface area (Å²) in [6, 6.07) is 6.49. The summed E-state index contributed by atoms with van der Waals surface area (Å²) in [5, 5.41) is 4.18. The summed E-state index contributed by atoms with van der Waals surface area (Å²) < 4.78 is 33.2. The van der Waals surface area contributed by atoms with E-state index in [0.29, 0.717) is 23.9 Å². The van der Waals surface area contributed by atoms with E-state index in [1.54, 1.807) is 28.6 Å². The molecule has 1 aromatic heterocycles. The minimum atomic E-state index is -3.71. The maximum Gasteiger partial charge on any atom is 0.357 e. The van der Waals surface area contributed by atoms with Gasteiger partial charge < -0.3 is 10.1 Å². The smallest absolute Gasteiger partial charge is 0.357 e. The molecule has 9 heteroatoms. The molecule has 1 fully saturated rings. The van der Waals surface area contributed by atoms with E-state index in [1.807, 2.05) is 6.92 Å². The number of carbonyl (C=O) groups excluding carboxylic acids is 1. The number of ether oxygens (including phenoxy) is 1. The Balaban J connectivity index is 0.00000261. The van der Waals surface area contributed by atoms with Crippen LogP contribution in [0.2, 0.25) is 0 Å². The predicted molar refractivity (Wildman–Crippen MR) is 106 cm³/mol. The van der Waals surface area contributed by atoms with Gasteiger partial charge in [0.1, 0.15) is 0 Å². The lowest BCUT2D eigenvalue weighted by Crippen LogP contribution is -2.42. The number of nitrogens with one attached hydrogen (secondary N) is 1. The second kappa shape index (κ2) is 8.97. The minimum absolute atomic E-state index is 0. The molecule has 1 saturated heterocycles. The van der Waals surface area contributed by atoms with Crippen molar-refractivity contribution in [3.63, 3.8) is 0 Å². The SMILES string of the molecule is CCCN(C1CCNC1)S(=O)(=O)c1cccc2c(C(=O)OC)nccc12.Cl. The number of benzene rings is 1. The monoisotopic (exact) mass is 413 g/mol. The average molecular weight is 414 g/mol. The first-order valence-electron chi connectivity index (χ1n) is 8.69. The van der Waals surface area contributed by atoms with Crippen molar-refractivity contribution in [1.82, 2.24) is 14.6 Å². The first kappa shape index (κ1) is 21.6. The van der Waals surface area contributed by atoms with Crippen molar-refractivity contribution in [1.29, 1.82) is 0 Å². The highest BCUT2D eigenvalue weighted by molar-refractivity contribution is 7.89. The van der Waals surface area contributed by atoms with Crippen molar-refractivity contribution in [3.8, 4) is 0 Å². The number of nitrogens with zero attached hydrogens (tertiary/aromatic N) is 2. The normalized spacial score (nSPS) is 17.1. The topological polar surface area (TPSA) is 88.6 Å². The quantitative estimate of drug-likeness (QED) is 0.730. The molecular formula is C18H24ClN3O4S. The van der Waals surface area contributed by atoms with Crippen molar-refractivity contribution in [2.24, 2.45) is 0 Å². The number of fused-ring (bicyclic) bond motifs is 1. The van der Waals surface area contributed by atoms with Crippen LogP contribution in [0.1, 0.15) is 30.3 Å². The van der Waals surface area contributed by atoms with E-state index in [4.69, 9.17) is 4.74 Å². The number of esters is 1. The van der Waals surface area contributed by atoms with Gasteiger partial charge in [-0.1, -0.05) is 19.1 Å². The molecule has 0 bridgehead atoms. The van der Waals surface area contributed by atoms with Crippen molar-refractivity contribution < 1.29 is 17.9 Å². The maximum absolute atomic E-state index is 13.4. The molecule has 0 spiro atoms. The van der Waals surface area contributed by atoms with Crippen molar-refractivity contribution >= 4 is 39.2 Å². The van der Waals surface area contributed by atoms with Crippen LogP contribution in [0.15, 0.2) is 35.4 Å². The number of hydrogen-bond donors (Lipinski definition) is 1. The number of hydrogen-bond acceptors (Lipinski definition) is 6. The van der Waals surface area contributed by atoms with E-state index in [2.05, 4.69) is 10.3 Å². The van der Waals surface area contributed by atoms with Gasteiger partial charge in [-0.25, -0.2) is 18.2 Å². The standard InChI is InChI=1S/C18H23N3O4S.ClH/c1-3-11-21(13-7-9-19-12-13)26(23,24)16-6-4-5-15-14(16)8-10-20-17(15)18(22)25-2;/h4-6,8,10,13,19H,3,7,9,11-12H2,1-2H3;1H. The molecule has 2 aromatic rings. The second-order valence-corrected chi connectivity index (χ2v) is 8.12. The van der Waals surface area contributed by atoms with Crippen molar-refractivity contribution in [3.05, 3.63) is 36.2 Å². The highest BCUT2D eigenvalue weighted by Crippen LogP contribution is 2.29. The third-order valence-corrected chi connectivity index (χ3v) is 6.63. The summed E-state index contributed by atoms with van der Waals surface area (Å²) in [5.41, 5.74) is 0.117. The second-order valence-electron chi connectivity index (χ2n) is 6.26. The number of halogens is 1. The minimum Gasteiger partial charge on any atom is -0.464 e. The fraction of sp³-hybridized carbons (Fsp3) is 0.444. The molecule has 1 aromatic carbocycles. The van der Waals surface area contributed by atoms with Crippen LogP contribution < -0.4 is 5.32 Å². The average Bonchev–Trinajstić information content (AvgIpc) is 3.18. The Morgan fingerprint density at radius 2 is 2.11 bits per heavy atom. The number of pyridine rings is 1. The Labute approximate surface area is 165 Å². The lowest BCUT2D eigenvalue weighted by Gasteiger charge is -2.27. The lowest BCUT2D eigenvalue weighted by atomic mass is 10.1. The Morgan fingerprint density at radius 1 is 1.33 bits per heavy atom. The molecule has 27 heavy (non-hydrogen) atoms. The molecule has 2 heterocycles. The highest BCUT2D eigenvalue weighted by Gasteiger charge is 2.33. The molecule has 1 unspecified atom stereocenters. The Kier molecular flexibility index (Phi) is 7.16. The fourth-order valence-electron chi connectivity index (χ4n) is 3.39. The highest BCUT2D eigenvalue weighted by atomic mass is 35.5. The maximum atomic E-state index is 13.4. The molecule has 7 nitrogen and oxygen atoms in total. The van der Waals surface area contributed by atoms with Crippen LogP contribution in [0.25, 0.3) is 10.8 Å². The molecular weight excluding hydrogens is 390 g/mol. The Hall–Kier alpha value is -1.74. The summed E-state index contributed by atoms with van der Waals surface area (Å²) >= 11 is 0. The number of methoxy groups -OCH3 is 1. The van der Waals surface area contributed by atoms with E-state index < -0.39 is 16.0 Å². The van der Waals surface area contributed by atoms with Gasteiger partial charge in [-0.2, -0.15) is 4.31 Å². The van der Waals surface area contributed by atoms with Gasteiger partial charge in [0.05, 0.1) is 12.0 Å². The number of sulfonamides is 1. The van der Waals surface area contributed by atoms with E-state index >= 15 is 0 Å². The van der Waals surface area contributed by atoms with E-state index in [-0.39, 0.29) is 29.0 Å². The summed E-state index contributed by atoms with van der Waals surface area (Å²) in [5.74, 6) is -0.587. The van der Waals surface area contributed by atoms with Gasteiger partial charge in [0.15, 0.2) is 5.69 Å². The van der Waals surface area contributed by atoms with E-state index in [0.717, 1.165) is 19.4 Å². The first-order chi connectivity index (χ1) is 12.5. The Bertz CT molecular complexity index is 914. The largest absolute Gasteiger partial charge is 0.464 e. The van der Waals surface area contributed by atoms with Crippen LogP contribution in [0.4, 0.5) is 0 Å². The zero-order valence-electron chi connectivity index (χ0n) is 15.3. The van der Waals surface area contributed by atoms with Crippen molar-refractivity contribution in [2.75, 3.05) is 26.7 Å². The zero-order valence-corrected chi connectivity index (χ0v) is 17.0. The number of aromatic nitrogens is 1. The molecule has 3 rings (SSSR count). The Morgan fingerprint density at radius 3 is 2.74 bits per heavy atom. The predicted octanol–water partition coefficient (Wildman–Crippen LogP) is 2.21. The molecule has 0 amide bonds. The summed E-state index contributed by atoms with van der Waals surface area (Å²) in [7, 11) is -2.43. The molecule has 1 N–H and O–H groups in total. The first-order valence-corrected chi connectivity index (χ1v) is 10.1. The number of rotatable bonds is 6. The summed E-state index contributed by atoms with van der Waals surface area (Å²) in [4.78, 5) is 16.2.